The molecule has 0 aromatic heterocycles. The average molecular weight is 283 g/mol. The van der Waals surface area contributed by atoms with Crippen LogP contribution in [0.1, 0.15) is 31.2 Å². The van der Waals surface area contributed by atoms with Crippen molar-refractivity contribution in [1.29, 1.82) is 0 Å². The maximum absolute atomic E-state index is 11.8. The molecule has 1 aliphatic rings. The summed E-state index contributed by atoms with van der Waals surface area (Å²) in [6, 6.07) is 5.78. The Morgan fingerprint density at radius 3 is 2.75 bits per heavy atom. The first-order valence-electron chi connectivity index (χ1n) is 5.64. The van der Waals surface area contributed by atoms with E-state index >= 15 is 0 Å². The fourth-order valence-electron chi connectivity index (χ4n) is 2.04. The number of hydrogen-bond acceptors (Lipinski definition) is 2. The fraction of sp³-hybridized carbons (Fsp3) is 0.462. The van der Waals surface area contributed by atoms with Crippen LogP contribution in [0.25, 0.3) is 0 Å². The van der Waals surface area contributed by atoms with Crippen molar-refractivity contribution in [2.45, 2.75) is 32.6 Å². The first kappa shape index (κ1) is 11.6. The van der Waals surface area contributed by atoms with Crippen LogP contribution < -0.4 is 4.74 Å². The molecule has 0 aliphatic heterocycles. The van der Waals surface area contributed by atoms with Crippen molar-refractivity contribution in [3.8, 4) is 5.75 Å². The summed E-state index contributed by atoms with van der Waals surface area (Å²) >= 11 is 3.39. The molecule has 0 amide bonds. The standard InChI is InChI=1S/C13H15BrO2/c1-9-6-7-11(14)12(8-9)16-13(15)10-4-2-3-5-10/h6-8,10H,2-5H2,1H3. The molecular formula is C13H15BrO2. The molecule has 1 aliphatic carbocycles. The molecule has 1 saturated carbocycles. The summed E-state index contributed by atoms with van der Waals surface area (Å²) in [7, 11) is 0. The highest BCUT2D eigenvalue weighted by atomic mass is 79.9. The molecule has 0 N–H and O–H groups in total. The quantitative estimate of drug-likeness (QED) is 0.608. The highest BCUT2D eigenvalue weighted by Gasteiger charge is 2.24. The summed E-state index contributed by atoms with van der Waals surface area (Å²) < 4.78 is 6.26. The third-order valence-corrected chi connectivity index (χ3v) is 3.64. The van der Waals surface area contributed by atoms with Crippen LogP contribution in [0.2, 0.25) is 0 Å². The number of hydrogen-bond donors (Lipinski definition) is 0. The molecule has 0 saturated heterocycles. The van der Waals surface area contributed by atoms with Gasteiger partial charge in [0.05, 0.1) is 10.4 Å². The van der Waals surface area contributed by atoms with E-state index in [-0.39, 0.29) is 11.9 Å². The average Bonchev–Trinajstić information content (AvgIpc) is 2.76. The SMILES string of the molecule is Cc1ccc(Br)c(OC(=O)C2CCCC2)c1. The van der Waals surface area contributed by atoms with Crippen molar-refractivity contribution in [2.24, 2.45) is 5.92 Å². The zero-order chi connectivity index (χ0) is 11.5. The minimum Gasteiger partial charge on any atom is -0.425 e. The molecule has 0 atom stereocenters. The summed E-state index contributed by atoms with van der Waals surface area (Å²) in [5.74, 6) is 0.660. The van der Waals surface area contributed by atoms with Crippen LogP contribution in [0.4, 0.5) is 0 Å². The molecule has 0 heterocycles. The van der Waals surface area contributed by atoms with Crippen molar-refractivity contribution >= 4 is 21.9 Å². The topological polar surface area (TPSA) is 26.3 Å². The minimum absolute atomic E-state index is 0.0798. The normalized spacial score (nSPS) is 16.4. The van der Waals surface area contributed by atoms with Gasteiger partial charge in [-0.05, 0) is 53.4 Å². The second kappa shape index (κ2) is 5.00. The smallest absolute Gasteiger partial charge is 0.314 e. The first-order valence-corrected chi connectivity index (χ1v) is 6.44. The van der Waals surface area contributed by atoms with E-state index in [0.717, 1.165) is 35.7 Å². The third kappa shape index (κ3) is 2.64. The molecule has 0 unspecified atom stereocenters. The van der Waals surface area contributed by atoms with E-state index < -0.39 is 0 Å². The van der Waals surface area contributed by atoms with Crippen molar-refractivity contribution in [2.75, 3.05) is 0 Å². The van der Waals surface area contributed by atoms with Crippen LogP contribution in [0, 0.1) is 12.8 Å². The maximum Gasteiger partial charge on any atom is 0.314 e. The van der Waals surface area contributed by atoms with Gasteiger partial charge in [-0.3, -0.25) is 4.79 Å². The molecule has 2 nitrogen and oxygen atoms in total. The number of esters is 1. The Balaban J connectivity index is 2.07. The zero-order valence-corrected chi connectivity index (χ0v) is 10.9. The Hall–Kier alpha value is -0.830. The third-order valence-electron chi connectivity index (χ3n) is 2.99. The predicted octanol–water partition coefficient (Wildman–Crippen LogP) is 3.85. The van der Waals surface area contributed by atoms with Gasteiger partial charge in [-0.25, -0.2) is 0 Å². The lowest BCUT2D eigenvalue weighted by Crippen LogP contribution is -2.17. The molecule has 16 heavy (non-hydrogen) atoms. The molecule has 1 aromatic rings. The summed E-state index contributed by atoms with van der Waals surface area (Å²) in [4.78, 5) is 11.8. The Bertz CT molecular complexity index is 395. The highest BCUT2D eigenvalue weighted by Crippen LogP contribution is 2.30. The summed E-state index contributed by atoms with van der Waals surface area (Å²) in [6.45, 7) is 1.99. The molecule has 2 rings (SSSR count). The Kier molecular flexibility index (Phi) is 3.64. The predicted molar refractivity (Wildman–Crippen MR) is 66.5 cm³/mol. The van der Waals surface area contributed by atoms with Crippen molar-refractivity contribution < 1.29 is 9.53 Å². The summed E-state index contributed by atoms with van der Waals surface area (Å²) in [6.07, 6.45) is 4.24. The Labute approximate surface area is 104 Å². The summed E-state index contributed by atoms with van der Waals surface area (Å²) in [5.41, 5.74) is 1.09. The number of benzene rings is 1. The van der Waals surface area contributed by atoms with Crippen molar-refractivity contribution in [3.63, 3.8) is 0 Å². The van der Waals surface area contributed by atoms with E-state index in [0.29, 0.717) is 5.75 Å². The molecule has 3 heteroatoms. The molecule has 1 fully saturated rings. The highest BCUT2D eigenvalue weighted by molar-refractivity contribution is 9.10. The van der Waals surface area contributed by atoms with Crippen LogP contribution in [0.15, 0.2) is 22.7 Å². The van der Waals surface area contributed by atoms with Crippen molar-refractivity contribution in [3.05, 3.63) is 28.2 Å². The molecule has 1 aromatic carbocycles. The van der Waals surface area contributed by atoms with Gasteiger partial charge in [-0.1, -0.05) is 18.9 Å². The number of carbonyl (C=O) groups excluding carboxylic acids is 1. The molecule has 0 spiro atoms. The van der Waals surface area contributed by atoms with Gasteiger partial charge in [0.15, 0.2) is 0 Å². The van der Waals surface area contributed by atoms with Gasteiger partial charge in [0.25, 0.3) is 0 Å². The van der Waals surface area contributed by atoms with Gasteiger partial charge in [-0.15, -0.1) is 0 Å². The summed E-state index contributed by atoms with van der Waals surface area (Å²) in [5, 5.41) is 0. The minimum atomic E-state index is -0.0798. The van der Waals surface area contributed by atoms with Crippen LogP contribution in [-0.2, 0) is 4.79 Å². The molecule has 86 valence electrons. The van der Waals surface area contributed by atoms with Crippen LogP contribution in [-0.4, -0.2) is 5.97 Å². The monoisotopic (exact) mass is 282 g/mol. The van der Waals surface area contributed by atoms with Crippen LogP contribution in [0.3, 0.4) is 0 Å². The lowest BCUT2D eigenvalue weighted by atomic mass is 10.1. The van der Waals surface area contributed by atoms with E-state index in [9.17, 15) is 4.79 Å². The Morgan fingerprint density at radius 2 is 2.06 bits per heavy atom. The van der Waals surface area contributed by atoms with Gasteiger partial charge in [-0.2, -0.15) is 0 Å². The van der Waals surface area contributed by atoms with Gasteiger partial charge in [0.1, 0.15) is 5.75 Å². The van der Waals surface area contributed by atoms with Gasteiger partial charge in [0, 0.05) is 0 Å². The number of ether oxygens (including phenoxy) is 1. The second-order valence-electron chi connectivity index (χ2n) is 4.34. The van der Waals surface area contributed by atoms with E-state index in [1.165, 1.54) is 0 Å². The van der Waals surface area contributed by atoms with Gasteiger partial charge in [0.2, 0.25) is 0 Å². The first-order chi connectivity index (χ1) is 7.66. The van der Waals surface area contributed by atoms with E-state index in [2.05, 4.69) is 15.9 Å². The molecular weight excluding hydrogens is 268 g/mol. The lowest BCUT2D eigenvalue weighted by molar-refractivity contribution is -0.138. The fourth-order valence-corrected chi connectivity index (χ4v) is 2.37. The molecule has 0 radical (unpaired) electrons. The largest absolute Gasteiger partial charge is 0.425 e. The van der Waals surface area contributed by atoms with Crippen LogP contribution in [0.5, 0.6) is 5.75 Å². The van der Waals surface area contributed by atoms with Gasteiger partial charge >= 0.3 is 5.97 Å². The second-order valence-corrected chi connectivity index (χ2v) is 5.19. The number of aryl methyl sites for hydroxylation is 1. The number of rotatable bonds is 2. The number of carbonyl (C=O) groups is 1. The zero-order valence-electron chi connectivity index (χ0n) is 9.33. The maximum atomic E-state index is 11.8. The van der Waals surface area contributed by atoms with Crippen molar-refractivity contribution in [1.82, 2.24) is 0 Å². The van der Waals surface area contributed by atoms with Crippen LogP contribution >= 0.6 is 15.9 Å². The Morgan fingerprint density at radius 1 is 1.38 bits per heavy atom. The van der Waals surface area contributed by atoms with E-state index in [1.807, 2.05) is 25.1 Å². The lowest BCUT2D eigenvalue weighted by Gasteiger charge is -2.11. The van der Waals surface area contributed by atoms with E-state index in [1.54, 1.807) is 0 Å². The number of halogens is 1. The van der Waals surface area contributed by atoms with E-state index in [4.69, 9.17) is 4.74 Å². The van der Waals surface area contributed by atoms with Gasteiger partial charge < -0.3 is 4.74 Å². The molecule has 0 bridgehead atoms.